The summed E-state index contributed by atoms with van der Waals surface area (Å²) in [6.07, 6.45) is 5.47. The zero-order valence-electron chi connectivity index (χ0n) is 7.29. The van der Waals surface area contributed by atoms with Crippen LogP contribution in [0.5, 0.6) is 0 Å². The lowest BCUT2D eigenvalue weighted by atomic mass is 9.81. The van der Waals surface area contributed by atoms with Crippen LogP contribution >= 0.6 is 0 Å². The highest BCUT2D eigenvalue weighted by Crippen LogP contribution is 2.29. The van der Waals surface area contributed by atoms with Gasteiger partial charge in [0, 0.05) is 5.69 Å². The van der Waals surface area contributed by atoms with E-state index in [4.69, 9.17) is 5.73 Å². The summed E-state index contributed by atoms with van der Waals surface area (Å²) in [5.41, 5.74) is 7.99. The van der Waals surface area contributed by atoms with Crippen molar-refractivity contribution in [2.24, 2.45) is 5.92 Å². The largest absolute Gasteiger partial charge is 0.399 e. The third-order valence-corrected chi connectivity index (χ3v) is 2.70. The SMILES string of the molecule is Nc1cccc(CC2CCC2)c1. The molecule has 0 atom stereocenters. The average Bonchev–Trinajstić information content (AvgIpc) is 1.97. The summed E-state index contributed by atoms with van der Waals surface area (Å²) in [5.74, 6) is 0.937. The first kappa shape index (κ1) is 7.66. The van der Waals surface area contributed by atoms with E-state index in [1.807, 2.05) is 12.1 Å². The fraction of sp³-hybridized carbons (Fsp3) is 0.455. The summed E-state index contributed by atoms with van der Waals surface area (Å²) in [5, 5.41) is 0. The molecule has 0 saturated heterocycles. The molecular formula is C11H15N. The van der Waals surface area contributed by atoms with E-state index in [-0.39, 0.29) is 0 Å². The van der Waals surface area contributed by atoms with Crippen LogP contribution in [0.1, 0.15) is 24.8 Å². The first-order chi connectivity index (χ1) is 5.84. The molecule has 0 aromatic heterocycles. The standard InChI is InChI=1S/C11H15N/c12-11-6-2-5-10(8-11)7-9-3-1-4-9/h2,5-6,8-9H,1,3-4,7,12H2. The molecule has 2 rings (SSSR count). The Kier molecular flexibility index (Phi) is 2.03. The van der Waals surface area contributed by atoms with Crippen LogP contribution in [0.25, 0.3) is 0 Å². The Morgan fingerprint density at radius 3 is 2.75 bits per heavy atom. The Morgan fingerprint density at radius 1 is 1.33 bits per heavy atom. The van der Waals surface area contributed by atoms with Gasteiger partial charge in [-0.2, -0.15) is 0 Å². The fourth-order valence-corrected chi connectivity index (χ4v) is 1.75. The van der Waals surface area contributed by atoms with Gasteiger partial charge in [-0.25, -0.2) is 0 Å². The summed E-state index contributed by atoms with van der Waals surface area (Å²) < 4.78 is 0. The number of benzene rings is 1. The van der Waals surface area contributed by atoms with Crippen LogP contribution < -0.4 is 5.73 Å². The molecule has 1 nitrogen and oxygen atoms in total. The second kappa shape index (κ2) is 3.18. The van der Waals surface area contributed by atoms with Crippen LogP contribution in [-0.4, -0.2) is 0 Å². The smallest absolute Gasteiger partial charge is 0.0316 e. The second-order valence-electron chi connectivity index (χ2n) is 3.75. The third-order valence-electron chi connectivity index (χ3n) is 2.70. The lowest BCUT2D eigenvalue weighted by molar-refractivity contribution is 0.314. The fourth-order valence-electron chi connectivity index (χ4n) is 1.75. The number of nitrogens with two attached hydrogens (primary N) is 1. The van der Waals surface area contributed by atoms with Crippen molar-refractivity contribution in [3.05, 3.63) is 29.8 Å². The lowest BCUT2D eigenvalue weighted by Gasteiger charge is -2.25. The second-order valence-corrected chi connectivity index (χ2v) is 3.75. The molecule has 0 spiro atoms. The molecule has 1 aromatic carbocycles. The molecule has 2 N–H and O–H groups in total. The van der Waals surface area contributed by atoms with E-state index in [9.17, 15) is 0 Å². The Bertz CT molecular complexity index is 263. The van der Waals surface area contributed by atoms with Crippen LogP contribution in [-0.2, 0) is 6.42 Å². The van der Waals surface area contributed by atoms with Gasteiger partial charge >= 0.3 is 0 Å². The van der Waals surface area contributed by atoms with Gasteiger partial charge in [0.05, 0.1) is 0 Å². The molecule has 0 amide bonds. The molecule has 1 fully saturated rings. The Morgan fingerprint density at radius 2 is 2.17 bits per heavy atom. The maximum Gasteiger partial charge on any atom is 0.0316 e. The van der Waals surface area contributed by atoms with Crippen LogP contribution in [0.3, 0.4) is 0 Å². The molecule has 1 heteroatoms. The molecule has 0 unspecified atom stereocenters. The maximum atomic E-state index is 5.69. The number of hydrogen-bond acceptors (Lipinski definition) is 1. The summed E-state index contributed by atoms with van der Waals surface area (Å²) in [4.78, 5) is 0. The minimum absolute atomic E-state index is 0.895. The topological polar surface area (TPSA) is 26.0 Å². The molecule has 0 bridgehead atoms. The van der Waals surface area contributed by atoms with Crippen molar-refractivity contribution in [1.29, 1.82) is 0 Å². The number of hydrogen-bond donors (Lipinski definition) is 1. The van der Waals surface area contributed by atoms with Crippen molar-refractivity contribution < 1.29 is 0 Å². The highest BCUT2D eigenvalue weighted by atomic mass is 14.5. The summed E-state index contributed by atoms with van der Waals surface area (Å²) >= 11 is 0. The zero-order valence-corrected chi connectivity index (χ0v) is 7.29. The van der Waals surface area contributed by atoms with Crippen molar-refractivity contribution in [2.75, 3.05) is 5.73 Å². The molecule has 12 heavy (non-hydrogen) atoms. The van der Waals surface area contributed by atoms with E-state index in [1.165, 1.54) is 31.2 Å². The predicted octanol–water partition coefficient (Wildman–Crippen LogP) is 2.61. The lowest BCUT2D eigenvalue weighted by Crippen LogP contribution is -2.13. The monoisotopic (exact) mass is 161 g/mol. The van der Waals surface area contributed by atoms with Crippen molar-refractivity contribution in [3.63, 3.8) is 0 Å². The van der Waals surface area contributed by atoms with Gasteiger partial charge in [-0.1, -0.05) is 31.4 Å². The Balaban J connectivity index is 2.02. The molecule has 1 aliphatic rings. The molecule has 0 heterocycles. The first-order valence-corrected chi connectivity index (χ1v) is 4.69. The molecule has 0 aliphatic heterocycles. The van der Waals surface area contributed by atoms with E-state index in [0.717, 1.165) is 11.6 Å². The van der Waals surface area contributed by atoms with Crippen LogP contribution in [0.4, 0.5) is 5.69 Å². The molecule has 1 aliphatic carbocycles. The first-order valence-electron chi connectivity index (χ1n) is 4.69. The van der Waals surface area contributed by atoms with Crippen molar-refractivity contribution in [2.45, 2.75) is 25.7 Å². The van der Waals surface area contributed by atoms with Gasteiger partial charge in [0.25, 0.3) is 0 Å². The minimum Gasteiger partial charge on any atom is -0.399 e. The van der Waals surface area contributed by atoms with Crippen LogP contribution in [0, 0.1) is 5.92 Å². The van der Waals surface area contributed by atoms with E-state index in [1.54, 1.807) is 0 Å². The zero-order chi connectivity index (χ0) is 8.39. The molecule has 64 valence electrons. The quantitative estimate of drug-likeness (QED) is 0.663. The Labute approximate surface area is 73.6 Å². The van der Waals surface area contributed by atoms with E-state index >= 15 is 0 Å². The number of nitrogen functional groups attached to an aromatic ring is 1. The van der Waals surface area contributed by atoms with Gasteiger partial charge in [0.15, 0.2) is 0 Å². The maximum absolute atomic E-state index is 5.69. The minimum atomic E-state index is 0.895. The molecular weight excluding hydrogens is 146 g/mol. The Hall–Kier alpha value is -0.980. The van der Waals surface area contributed by atoms with Crippen LogP contribution in [0.15, 0.2) is 24.3 Å². The highest BCUT2D eigenvalue weighted by Gasteiger charge is 2.17. The van der Waals surface area contributed by atoms with Crippen molar-refractivity contribution >= 4 is 5.69 Å². The number of rotatable bonds is 2. The van der Waals surface area contributed by atoms with E-state index < -0.39 is 0 Å². The van der Waals surface area contributed by atoms with Gasteiger partial charge in [-0.3, -0.25) is 0 Å². The van der Waals surface area contributed by atoms with Gasteiger partial charge in [0.2, 0.25) is 0 Å². The van der Waals surface area contributed by atoms with Crippen molar-refractivity contribution in [1.82, 2.24) is 0 Å². The van der Waals surface area contributed by atoms with E-state index in [2.05, 4.69) is 12.1 Å². The summed E-state index contributed by atoms with van der Waals surface area (Å²) in [6.45, 7) is 0. The van der Waals surface area contributed by atoms with Gasteiger partial charge in [-0.15, -0.1) is 0 Å². The molecule has 1 saturated carbocycles. The molecule has 1 aromatic rings. The van der Waals surface area contributed by atoms with E-state index in [0.29, 0.717) is 0 Å². The third kappa shape index (κ3) is 1.60. The normalized spacial score (nSPS) is 17.3. The summed E-state index contributed by atoms with van der Waals surface area (Å²) in [6, 6.07) is 8.26. The van der Waals surface area contributed by atoms with Gasteiger partial charge in [-0.05, 0) is 30.0 Å². The van der Waals surface area contributed by atoms with Gasteiger partial charge in [0.1, 0.15) is 0 Å². The number of anilines is 1. The van der Waals surface area contributed by atoms with Crippen molar-refractivity contribution in [3.8, 4) is 0 Å². The summed E-state index contributed by atoms with van der Waals surface area (Å²) in [7, 11) is 0. The highest BCUT2D eigenvalue weighted by molar-refractivity contribution is 5.40. The van der Waals surface area contributed by atoms with Crippen LogP contribution in [0.2, 0.25) is 0 Å². The van der Waals surface area contributed by atoms with Gasteiger partial charge < -0.3 is 5.73 Å². The molecule has 0 radical (unpaired) electrons. The average molecular weight is 161 g/mol. The predicted molar refractivity (Wildman–Crippen MR) is 51.9 cm³/mol.